The Bertz CT molecular complexity index is 1860. The van der Waals surface area contributed by atoms with Gasteiger partial charge in [-0.2, -0.15) is 4.57 Å². The summed E-state index contributed by atoms with van der Waals surface area (Å²) < 4.78 is 7.18. The molecule has 40 heavy (non-hydrogen) atoms. The van der Waals surface area contributed by atoms with E-state index in [9.17, 15) is 0 Å². The molecule has 6 rings (SSSR count). The fourth-order valence-corrected chi connectivity index (χ4v) is 6.40. The fourth-order valence-electron chi connectivity index (χ4n) is 6.40. The molecule has 2 heterocycles. The zero-order valence-electron chi connectivity index (χ0n) is 24.7. The minimum atomic E-state index is 0.398. The third-order valence-corrected chi connectivity index (χ3v) is 8.46. The SMILES string of the molecule is Cc1c(-c2c3ccccc3cc[n+]2C)cccc1-c1n(-c2c(C(C)C)cccc2C(C)C)c2ccccc2[n+]1C. The van der Waals surface area contributed by atoms with Crippen molar-refractivity contribution in [3.8, 4) is 28.3 Å². The number of nitrogens with zero attached hydrogens (tertiary/aromatic N) is 3. The molecule has 200 valence electrons. The molecule has 0 saturated carbocycles. The van der Waals surface area contributed by atoms with Crippen LogP contribution in [-0.4, -0.2) is 4.57 Å². The highest BCUT2D eigenvalue weighted by molar-refractivity contribution is 5.94. The molecular weight excluding hydrogens is 486 g/mol. The first-order valence-corrected chi connectivity index (χ1v) is 14.4. The Kier molecular flexibility index (Phi) is 6.54. The average molecular weight is 526 g/mol. The van der Waals surface area contributed by atoms with Crippen LogP contribution in [0.15, 0.2) is 97.2 Å². The van der Waals surface area contributed by atoms with Gasteiger partial charge in [0.15, 0.2) is 17.2 Å². The maximum absolute atomic E-state index is 2.54. The number of fused-ring (bicyclic) bond motifs is 2. The summed E-state index contributed by atoms with van der Waals surface area (Å²) in [7, 11) is 4.36. The number of aromatic nitrogens is 3. The molecule has 0 amide bonds. The summed E-state index contributed by atoms with van der Waals surface area (Å²) in [6.07, 6.45) is 2.18. The fraction of sp³-hybridized carbons (Fsp3) is 0.243. The second kappa shape index (κ2) is 10.1. The summed E-state index contributed by atoms with van der Waals surface area (Å²) >= 11 is 0. The molecule has 0 bridgehead atoms. The van der Waals surface area contributed by atoms with E-state index in [0.29, 0.717) is 11.8 Å². The van der Waals surface area contributed by atoms with Gasteiger partial charge in [0, 0.05) is 17.2 Å². The number of hydrogen-bond donors (Lipinski definition) is 0. The maximum Gasteiger partial charge on any atom is 0.295 e. The summed E-state index contributed by atoms with van der Waals surface area (Å²) in [4.78, 5) is 0. The topological polar surface area (TPSA) is 12.7 Å². The van der Waals surface area contributed by atoms with Crippen LogP contribution in [0.2, 0.25) is 0 Å². The molecular formula is C37H39N3+2. The second-order valence-electron chi connectivity index (χ2n) is 11.6. The van der Waals surface area contributed by atoms with Crippen LogP contribution in [0.4, 0.5) is 0 Å². The van der Waals surface area contributed by atoms with Gasteiger partial charge in [-0.3, -0.25) is 0 Å². The Morgan fingerprint density at radius 2 is 1.27 bits per heavy atom. The molecule has 0 N–H and O–H groups in total. The zero-order chi connectivity index (χ0) is 28.1. The Morgan fingerprint density at radius 3 is 2.00 bits per heavy atom. The quantitative estimate of drug-likeness (QED) is 0.201. The third kappa shape index (κ3) is 4.03. The van der Waals surface area contributed by atoms with Gasteiger partial charge in [-0.05, 0) is 60.0 Å². The highest BCUT2D eigenvalue weighted by Gasteiger charge is 2.32. The van der Waals surface area contributed by atoms with E-state index in [1.807, 2.05) is 0 Å². The van der Waals surface area contributed by atoms with Crippen molar-refractivity contribution in [1.82, 2.24) is 4.57 Å². The van der Waals surface area contributed by atoms with Gasteiger partial charge in [0.25, 0.3) is 5.82 Å². The first kappa shape index (κ1) is 26.0. The van der Waals surface area contributed by atoms with Crippen LogP contribution in [0.5, 0.6) is 0 Å². The highest BCUT2D eigenvalue weighted by Crippen LogP contribution is 2.39. The van der Waals surface area contributed by atoms with E-state index in [-0.39, 0.29) is 0 Å². The lowest BCUT2D eigenvalue weighted by Crippen LogP contribution is -2.32. The molecule has 2 aromatic heterocycles. The normalized spacial score (nSPS) is 11.8. The van der Waals surface area contributed by atoms with Crippen LogP contribution in [0.25, 0.3) is 50.1 Å². The van der Waals surface area contributed by atoms with Gasteiger partial charge in [0.05, 0.1) is 23.6 Å². The smallest absolute Gasteiger partial charge is 0.225 e. The van der Waals surface area contributed by atoms with Crippen LogP contribution in [0.3, 0.4) is 0 Å². The molecule has 0 radical (unpaired) electrons. The number of rotatable bonds is 5. The first-order chi connectivity index (χ1) is 19.3. The van der Waals surface area contributed by atoms with Crippen LogP contribution in [0.1, 0.15) is 56.2 Å². The molecule has 4 aromatic carbocycles. The minimum Gasteiger partial charge on any atom is -0.225 e. The largest absolute Gasteiger partial charge is 0.295 e. The van der Waals surface area contributed by atoms with Gasteiger partial charge in [-0.25, -0.2) is 9.13 Å². The molecule has 0 atom stereocenters. The summed E-state index contributed by atoms with van der Waals surface area (Å²) in [6, 6.07) is 33.3. The van der Waals surface area contributed by atoms with Gasteiger partial charge in [-0.1, -0.05) is 82.3 Å². The van der Waals surface area contributed by atoms with E-state index in [1.165, 1.54) is 66.8 Å². The molecule has 0 aliphatic rings. The lowest BCUT2D eigenvalue weighted by Gasteiger charge is -2.19. The van der Waals surface area contributed by atoms with Crippen molar-refractivity contribution in [2.75, 3.05) is 0 Å². The van der Waals surface area contributed by atoms with Crippen molar-refractivity contribution in [1.29, 1.82) is 0 Å². The van der Waals surface area contributed by atoms with E-state index < -0.39 is 0 Å². The summed E-state index contributed by atoms with van der Waals surface area (Å²) in [5.74, 6) is 2.00. The van der Waals surface area contributed by atoms with Gasteiger partial charge in [0.1, 0.15) is 12.7 Å². The van der Waals surface area contributed by atoms with E-state index in [0.717, 1.165) is 0 Å². The lowest BCUT2D eigenvalue weighted by molar-refractivity contribution is -0.659. The Labute approximate surface area is 238 Å². The first-order valence-electron chi connectivity index (χ1n) is 14.4. The van der Waals surface area contributed by atoms with Crippen molar-refractivity contribution in [3.05, 3.63) is 114 Å². The van der Waals surface area contributed by atoms with Gasteiger partial charge < -0.3 is 0 Å². The van der Waals surface area contributed by atoms with E-state index in [1.54, 1.807) is 0 Å². The van der Waals surface area contributed by atoms with Crippen molar-refractivity contribution < 1.29 is 9.13 Å². The number of para-hydroxylation sites is 3. The monoisotopic (exact) mass is 525 g/mol. The number of hydrogen-bond acceptors (Lipinski definition) is 0. The number of benzene rings is 4. The summed E-state index contributed by atoms with van der Waals surface area (Å²) in [5, 5.41) is 2.53. The van der Waals surface area contributed by atoms with Crippen LogP contribution in [0, 0.1) is 6.92 Å². The van der Waals surface area contributed by atoms with E-state index in [4.69, 9.17) is 0 Å². The standard InChI is InChI=1S/C37H39N3/c1-24(2)28-16-12-17-29(25(3)4)36(28)40-34-21-11-10-20-33(34)39(7)37(40)31-19-13-18-30(26(31)5)35-32-15-9-8-14-27(32)22-23-38(35)6/h8-25H,1-7H3/q+2. The predicted molar refractivity (Wildman–Crippen MR) is 167 cm³/mol. The molecule has 6 aromatic rings. The van der Waals surface area contributed by atoms with Crippen molar-refractivity contribution >= 4 is 21.8 Å². The Hall–Kier alpha value is -4.24. The summed E-state index contributed by atoms with van der Waals surface area (Å²) in [5.41, 5.74) is 11.6. The van der Waals surface area contributed by atoms with Crippen LogP contribution >= 0.6 is 0 Å². The molecule has 3 nitrogen and oxygen atoms in total. The third-order valence-electron chi connectivity index (χ3n) is 8.46. The number of aryl methyl sites for hydroxylation is 2. The van der Waals surface area contributed by atoms with Crippen molar-refractivity contribution in [2.45, 2.75) is 46.5 Å². The number of imidazole rings is 1. The van der Waals surface area contributed by atoms with E-state index >= 15 is 0 Å². The van der Waals surface area contributed by atoms with Gasteiger partial charge >= 0.3 is 0 Å². The van der Waals surface area contributed by atoms with Crippen molar-refractivity contribution in [3.63, 3.8) is 0 Å². The Morgan fingerprint density at radius 1 is 0.650 bits per heavy atom. The molecule has 0 saturated heterocycles. The Balaban J connectivity index is 1.73. The number of pyridine rings is 1. The van der Waals surface area contributed by atoms with Crippen LogP contribution in [-0.2, 0) is 14.1 Å². The molecule has 0 fully saturated rings. The van der Waals surface area contributed by atoms with Gasteiger partial charge in [-0.15, -0.1) is 0 Å². The molecule has 0 aliphatic carbocycles. The van der Waals surface area contributed by atoms with E-state index in [2.05, 4.69) is 160 Å². The average Bonchev–Trinajstić information content (AvgIpc) is 3.24. The van der Waals surface area contributed by atoms with Gasteiger partial charge in [0.2, 0.25) is 5.69 Å². The molecule has 0 aliphatic heterocycles. The summed E-state index contributed by atoms with van der Waals surface area (Å²) in [6.45, 7) is 11.5. The second-order valence-corrected chi connectivity index (χ2v) is 11.6. The lowest BCUT2D eigenvalue weighted by atomic mass is 9.91. The van der Waals surface area contributed by atoms with Crippen LogP contribution < -0.4 is 9.13 Å². The zero-order valence-corrected chi connectivity index (χ0v) is 24.7. The predicted octanol–water partition coefficient (Wildman–Crippen LogP) is 8.32. The highest BCUT2D eigenvalue weighted by atomic mass is 15.2. The minimum absolute atomic E-state index is 0.398. The molecule has 3 heteroatoms. The molecule has 0 unspecified atom stereocenters. The molecule has 0 spiro atoms. The maximum atomic E-state index is 2.54. The van der Waals surface area contributed by atoms with Crippen molar-refractivity contribution in [2.24, 2.45) is 14.1 Å².